The van der Waals surface area contributed by atoms with Crippen molar-refractivity contribution < 1.29 is 4.79 Å². The maximum atomic E-state index is 12.4. The Morgan fingerprint density at radius 1 is 1.39 bits per heavy atom. The van der Waals surface area contributed by atoms with E-state index in [2.05, 4.69) is 6.92 Å². The number of rotatable bonds is 2. The third kappa shape index (κ3) is 2.66. The van der Waals surface area contributed by atoms with Crippen LogP contribution in [0.5, 0.6) is 0 Å². The summed E-state index contributed by atoms with van der Waals surface area (Å²) in [6.45, 7) is 5.94. The van der Waals surface area contributed by atoms with Crippen molar-refractivity contribution in [2.24, 2.45) is 5.92 Å². The maximum Gasteiger partial charge on any atom is 0.255 e. The normalized spacial score (nSPS) is 16.9. The molecule has 1 aromatic carbocycles. The van der Waals surface area contributed by atoms with E-state index in [1.165, 1.54) is 6.42 Å². The fourth-order valence-electron chi connectivity index (χ4n) is 2.59. The molecule has 98 valence electrons. The van der Waals surface area contributed by atoms with Gasteiger partial charge in [0.2, 0.25) is 0 Å². The molecule has 2 N–H and O–H groups in total. The first-order chi connectivity index (χ1) is 8.61. The number of nitrogens with two attached hydrogens (primary N) is 1. The first kappa shape index (κ1) is 12.9. The average molecular weight is 246 g/mol. The van der Waals surface area contributed by atoms with Crippen molar-refractivity contribution in [3.05, 3.63) is 29.3 Å². The number of hydrogen-bond acceptors (Lipinski definition) is 2. The van der Waals surface area contributed by atoms with Gasteiger partial charge in [0.15, 0.2) is 0 Å². The lowest BCUT2D eigenvalue weighted by atomic mass is 9.94. The summed E-state index contributed by atoms with van der Waals surface area (Å²) >= 11 is 0. The standard InChI is InChI=1S/C15H22N2O/c1-3-12-6-8-17(9-7-12)15(18)13-5-4-11(2)10-14(13)16/h4-5,10,12H,3,6-9,16H2,1-2H3. The van der Waals surface area contributed by atoms with Crippen LogP contribution in [0.2, 0.25) is 0 Å². The van der Waals surface area contributed by atoms with Crippen molar-refractivity contribution in [3.8, 4) is 0 Å². The average Bonchev–Trinajstić information content (AvgIpc) is 2.38. The smallest absolute Gasteiger partial charge is 0.255 e. The number of amides is 1. The largest absolute Gasteiger partial charge is 0.398 e. The molecule has 3 heteroatoms. The van der Waals surface area contributed by atoms with Gasteiger partial charge in [-0.1, -0.05) is 19.4 Å². The summed E-state index contributed by atoms with van der Waals surface area (Å²) in [5, 5.41) is 0. The Kier molecular flexibility index (Phi) is 3.90. The minimum atomic E-state index is 0.0852. The second-order valence-electron chi connectivity index (χ2n) is 5.23. The molecule has 0 aromatic heterocycles. The van der Waals surface area contributed by atoms with Gasteiger partial charge in [-0.05, 0) is 43.4 Å². The van der Waals surface area contributed by atoms with Crippen molar-refractivity contribution in [2.45, 2.75) is 33.1 Å². The molecular formula is C15H22N2O. The van der Waals surface area contributed by atoms with Crippen molar-refractivity contribution in [1.29, 1.82) is 0 Å². The van der Waals surface area contributed by atoms with Crippen LogP contribution in [0.3, 0.4) is 0 Å². The van der Waals surface area contributed by atoms with Crippen molar-refractivity contribution >= 4 is 11.6 Å². The van der Waals surface area contributed by atoms with E-state index in [9.17, 15) is 4.79 Å². The monoisotopic (exact) mass is 246 g/mol. The lowest BCUT2D eigenvalue weighted by molar-refractivity contribution is 0.0690. The Balaban J connectivity index is 2.08. The molecule has 0 saturated carbocycles. The van der Waals surface area contributed by atoms with Crippen molar-refractivity contribution in [2.75, 3.05) is 18.8 Å². The molecule has 3 nitrogen and oxygen atoms in total. The van der Waals surface area contributed by atoms with Gasteiger partial charge in [-0.25, -0.2) is 0 Å². The number of carbonyl (C=O) groups is 1. The number of benzene rings is 1. The van der Waals surface area contributed by atoms with E-state index in [1.807, 2.05) is 30.0 Å². The predicted octanol–water partition coefficient (Wildman–Crippen LogP) is 2.84. The van der Waals surface area contributed by atoms with E-state index < -0.39 is 0 Å². The fourth-order valence-corrected chi connectivity index (χ4v) is 2.59. The number of nitrogen functional groups attached to an aromatic ring is 1. The van der Waals surface area contributed by atoms with E-state index >= 15 is 0 Å². The minimum Gasteiger partial charge on any atom is -0.398 e. The molecule has 1 saturated heterocycles. The summed E-state index contributed by atoms with van der Waals surface area (Å²) in [5.74, 6) is 0.867. The highest BCUT2D eigenvalue weighted by molar-refractivity contribution is 5.99. The Labute approximate surface area is 109 Å². The highest BCUT2D eigenvalue weighted by Gasteiger charge is 2.23. The Hall–Kier alpha value is -1.51. The summed E-state index contributed by atoms with van der Waals surface area (Å²) < 4.78 is 0. The number of nitrogens with zero attached hydrogens (tertiary/aromatic N) is 1. The molecule has 1 heterocycles. The van der Waals surface area contributed by atoms with Crippen LogP contribution in [0.25, 0.3) is 0 Å². The third-order valence-electron chi connectivity index (χ3n) is 3.92. The quantitative estimate of drug-likeness (QED) is 0.816. The Morgan fingerprint density at radius 3 is 2.61 bits per heavy atom. The molecule has 18 heavy (non-hydrogen) atoms. The summed E-state index contributed by atoms with van der Waals surface area (Å²) in [6, 6.07) is 5.66. The van der Waals surface area contributed by atoms with E-state index in [0.29, 0.717) is 11.3 Å². The molecular weight excluding hydrogens is 224 g/mol. The molecule has 0 radical (unpaired) electrons. The SMILES string of the molecule is CCC1CCN(C(=O)c2ccc(C)cc2N)CC1. The lowest BCUT2D eigenvalue weighted by Gasteiger charge is -2.31. The molecule has 1 aromatic rings. The topological polar surface area (TPSA) is 46.3 Å². The second kappa shape index (κ2) is 5.42. The molecule has 0 unspecified atom stereocenters. The Morgan fingerprint density at radius 2 is 2.06 bits per heavy atom. The van der Waals surface area contributed by atoms with Crippen LogP contribution in [-0.4, -0.2) is 23.9 Å². The molecule has 0 bridgehead atoms. The van der Waals surface area contributed by atoms with Gasteiger partial charge in [-0.15, -0.1) is 0 Å². The van der Waals surface area contributed by atoms with Crippen LogP contribution < -0.4 is 5.73 Å². The number of hydrogen-bond donors (Lipinski definition) is 1. The molecule has 2 rings (SSSR count). The summed E-state index contributed by atoms with van der Waals surface area (Å²) in [6.07, 6.45) is 3.46. The van der Waals surface area contributed by atoms with E-state index in [4.69, 9.17) is 5.73 Å². The van der Waals surface area contributed by atoms with Crippen LogP contribution in [0, 0.1) is 12.8 Å². The molecule has 0 spiro atoms. The second-order valence-corrected chi connectivity index (χ2v) is 5.23. The third-order valence-corrected chi connectivity index (χ3v) is 3.92. The summed E-state index contributed by atoms with van der Waals surface area (Å²) in [7, 11) is 0. The van der Waals surface area contributed by atoms with Gasteiger partial charge < -0.3 is 10.6 Å². The number of anilines is 1. The van der Waals surface area contributed by atoms with Crippen LogP contribution in [0.4, 0.5) is 5.69 Å². The molecule has 1 fully saturated rings. The van der Waals surface area contributed by atoms with Crippen LogP contribution in [0.1, 0.15) is 42.1 Å². The van der Waals surface area contributed by atoms with Crippen LogP contribution in [0.15, 0.2) is 18.2 Å². The maximum absolute atomic E-state index is 12.4. The van der Waals surface area contributed by atoms with Gasteiger partial charge in [0, 0.05) is 18.8 Å². The molecule has 1 aliphatic rings. The number of piperidine rings is 1. The zero-order chi connectivity index (χ0) is 13.1. The van der Waals surface area contributed by atoms with Gasteiger partial charge >= 0.3 is 0 Å². The van der Waals surface area contributed by atoms with E-state index in [0.717, 1.165) is 37.4 Å². The first-order valence-corrected chi connectivity index (χ1v) is 6.77. The first-order valence-electron chi connectivity index (χ1n) is 6.77. The van der Waals surface area contributed by atoms with Crippen molar-refractivity contribution in [1.82, 2.24) is 4.90 Å². The summed E-state index contributed by atoms with van der Waals surface area (Å²) in [5.41, 5.74) is 8.27. The molecule has 0 atom stereocenters. The Bertz CT molecular complexity index is 434. The highest BCUT2D eigenvalue weighted by Crippen LogP contribution is 2.23. The molecule has 1 amide bonds. The zero-order valence-corrected chi connectivity index (χ0v) is 11.3. The lowest BCUT2D eigenvalue weighted by Crippen LogP contribution is -2.38. The van der Waals surface area contributed by atoms with Crippen LogP contribution >= 0.6 is 0 Å². The van der Waals surface area contributed by atoms with E-state index in [-0.39, 0.29) is 5.91 Å². The van der Waals surface area contributed by atoms with Gasteiger partial charge in [-0.2, -0.15) is 0 Å². The van der Waals surface area contributed by atoms with E-state index in [1.54, 1.807) is 0 Å². The van der Waals surface area contributed by atoms with Gasteiger partial charge in [0.05, 0.1) is 5.56 Å². The van der Waals surface area contributed by atoms with Gasteiger partial charge in [-0.3, -0.25) is 4.79 Å². The highest BCUT2D eigenvalue weighted by atomic mass is 16.2. The number of likely N-dealkylation sites (tertiary alicyclic amines) is 1. The predicted molar refractivity (Wildman–Crippen MR) is 74.5 cm³/mol. The minimum absolute atomic E-state index is 0.0852. The van der Waals surface area contributed by atoms with Gasteiger partial charge in [0.1, 0.15) is 0 Å². The van der Waals surface area contributed by atoms with Crippen molar-refractivity contribution in [3.63, 3.8) is 0 Å². The molecule has 0 aliphatic carbocycles. The fraction of sp³-hybridized carbons (Fsp3) is 0.533. The summed E-state index contributed by atoms with van der Waals surface area (Å²) in [4.78, 5) is 14.3. The number of aryl methyl sites for hydroxylation is 1. The number of carbonyl (C=O) groups excluding carboxylic acids is 1. The van der Waals surface area contributed by atoms with Gasteiger partial charge in [0.25, 0.3) is 5.91 Å². The molecule has 1 aliphatic heterocycles. The van der Waals surface area contributed by atoms with Crippen LogP contribution in [-0.2, 0) is 0 Å². The zero-order valence-electron chi connectivity index (χ0n) is 11.3.